The van der Waals surface area contributed by atoms with Gasteiger partial charge in [-0.2, -0.15) is 0 Å². The zero-order valence-electron chi connectivity index (χ0n) is 16.1. The third kappa shape index (κ3) is 3.68. The fraction of sp³-hybridized carbons (Fsp3) is 0.619. The van der Waals surface area contributed by atoms with E-state index < -0.39 is 5.41 Å². The number of nitrogens with one attached hydrogen (secondary N) is 1. The zero-order valence-corrected chi connectivity index (χ0v) is 16.1. The van der Waals surface area contributed by atoms with Crippen LogP contribution in [0.3, 0.4) is 0 Å². The maximum atomic E-state index is 13.1. The monoisotopic (exact) mass is 371 g/mol. The minimum absolute atomic E-state index is 0.0235. The van der Waals surface area contributed by atoms with Gasteiger partial charge in [0, 0.05) is 26.2 Å². The second-order valence-corrected chi connectivity index (χ2v) is 8.15. The summed E-state index contributed by atoms with van der Waals surface area (Å²) in [6.07, 6.45) is 3.50. The molecule has 0 radical (unpaired) electrons. The highest BCUT2D eigenvalue weighted by Crippen LogP contribution is 2.49. The number of anilines is 2. The summed E-state index contributed by atoms with van der Waals surface area (Å²) in [5.74, 6) is 0.394. The van der Waals surface area contributed by atoms with E-state index in [1.807, 2.05) is 29.2 Å². The zero-order chi connectivity index (χ0) is 18.9. The normalized spacial score (nSPS) is 24.4. The molecule has 4 rings (SSSR count). The summed E-state index contributed by atoms with van der Waals surface area (Å²) in [6.45, 7) is 6.74. The number of hydrogen-bond donors (Lipinski definition) is 1. The van der Waals surface area contributed by atoms with Gasteiger partial charge in [0.25, 0.3) is 0 Å². The van der Waals surface area contributed by atoms with Crippen molar-refractivity contribution in [2.24, 2.45) is 11.3 Å². The molecule has 2 amide bonds. The minimum Gasteiger partial charge on any atom is -0.378 e. The average Bonchev–Trinajstić information content (AvgIpc) is 3.51. The average molecular weight is 371 g/mol. The highest BCUT2D eigenvalue weighted by Gasteiger charge is 2.58. The van der Waals surface area contributed by atoms with Gasteiger partial charge >= 0.3 is 0 Å². The van der Waals surface area contributed by atoms with Crippen LogP contribution in [0.1, 0.15) is 32.6 Å². The Kier molecular flexibility index (Phi) is 5.08. The van der Waals surface area contributed by atoms with E-state index in [4.69, 9.17) is 4.74 Å². The Bertz CT molecular complexity index is 710. The fourth-order valence-electron chi connectivity index (χ4n) is 4.24. The van der Waals surface area contributed by atoms with E-state index in [2.05, 4.69) is 17.1 Å². The second-order valence-electron chi connectivity index (χ2n) is 8.15. The van der Waals surface area contributed by atoms with E-state index in [-0.39, 0.29) is 11.8 Å². The molecule has 0 aromatic heterocycles. The smallest absolute Gasteiger partial charge is 0.240 e. The van der Waals surface area contributed by atoms with Crippen LogP contribution in [0.2, 0.25) is 0 Å². The third-order valence-electron chi connectivity index (χ3n) is 6.04. The number of likely N-dealkylation sites (tertiary alicyclic amines) is 1. The highest BCUT2D eigenvalue weighted by molar-refractivity contribution is 6.13. The lowest BCUT2D eigenvalue weighted by molar-refractivity contribution is -0.143. The first-order chi connectivity index (χ1) is 13.1. The van der Waals surface area contributed by atoms with E-state index >= 15 is 0 Å². The second kappa shape index (κ2) is 7.50. The van der Waals surface area contributed by atoms with Crippen LogP contribution in [0, 0.1) is 11.3 Å². The first-order valence-corrected chi connectivity index (χ1v) is 10.1. The molecule has 2 heterocycles. The van der Waals surface area contributed by atoms with Gasteiger partial charge in [0.1, 0.15) is 5.41 Å². The predicted octanol–water partition coefficient (Wildman–Crippen LogP) is 2.50. The van der Waals surface area contributed by atoms with Crippen LogP contribution in [0.25, 0.3) is 0 Å². The predicted molar refractivity (Wildman–Crippen MR) is 105 cm³/mol. The van der Waals surface area contributed by atoms with Gasteiger partial charge in [-0.15, -0.1) is 0 Å². The van der Waals surface area contributed by atoms with Crippen LogP contribution >= 0.6 is 0 Å². The molecule has 1 atom stereocenters. The quantitative estimate of drug-likeness (QED) is 0.826. The number of ether oxygens (including phenoxy) is 1. The number of carbonyl (C=O) groups is 2. The van der Waals surface area contributed by atoms with Crippen molar-refractivity contribution in [3.8, 4) is 0 Å². The van der Waals surface area contributed by atoms with E-state index in [0.717, 1.165) is 50.4 Å². The maximum Gasteiger partial charge on any atom is 0.240 e. The molecular formula is C21H29N3O3. The van der Waals surface area contributed by atoms with E-state index in [0.29, 0.717) is 32.0 Å². The summed E-state index contributed by atoms with van der Waals surface area (Å²) in [7, 11) is 0. The van der Waals surface area contributed by atoms with Crippen molar-refractivity contribution in [3.63, 3.8) is 0 Å². The van der Waals surface area contributed by atoms with E-state index in [1.54, 1.807) is 0 Å². The molecular weight excluding hydrogens is 342 g/mol. The summed E-state index contributed by atoms with van der Waals surface area (Å²) in [5, 5.41) is 3.07. The molecule has 1 aromatic rings. The number of nitrogens with zero attached hydrogens (tertiary/aromatic N) is 2. The van der Waals surface area contributed by atoms with E-state index in [9.17, 15) is 9.59 Å². The van der Waals surface area contributed by atoms with Crippen molar-refractivity contribution in [3.05, 3.63) is 24.3 Å². The largest absolute Gasteiger partial charge is 0.378 e. The maximum absolute atomic E-state index is 13.1. The standard InChI is InChI=1S/C21H29N3O3/c1-16-5-4-10-24(15-16)20(26)21(8-9-21)19(25)22-17-6-2-3-7-18(17)23-11-13-27-14-12-23/h2-3,6-7,16H,4-5,8-15H2,1H3,(H,22,25). The van der Waals surface area contributed by atoms with Crippen LogP contribution < -0.4 is 10.2 Å². The molecule has 3 fully saturated rings. The van der Waals surface area contributed by atoms with Gasteiger partial charge in [-0.25, -0.2) is 0 Å². The summed E-state index contributed by atoms with van der Waals surface area (Å²) in [4.78, 5) is 30.3. The van der Waals surface area contributed by atoms with Crippen molar-refractivity contribution in [1.82, 2.24) is 4.90 Å². The summed E-state index contributed by atoms with van der Waals surface area (Å²) in [6, 6.07) is 7.85. The summed E-state index contributed by atoms with van der Waals surface area (Å²) in [5.41, 5.74) is 0.939. The van der Waals surface area contributed by atoms with Gasteiger partial charge in [0.2, 0.25) is 11.8 Å². The van der Waals surface area contributed by atoms with Gasteiger partial charge in [0.05, 0.1) is 24.6 Å². The first-order valence-electron chi connectivity index (χ1n) is 10.1. The Morgan fingerprint density at radius 1 is 1.15 bits per heavy atom. The first kappa shape index (κ1) is 18.3. The molecule has 27 heavy (non-hydrogen) atoms. The van der Waals surface area contributed by atoms with Crippen molar-refractivity contribution in [2.75, 3.05) is 49.6 Å². The molecule has 146 valence electrons. The molecule has 1 unspecified atom stereocenters. The molecule has 6 nitrogen and oxygen atoms in total. The van der Waals surface area contributed by atoms with Gasteiger partial charge in [0.15, 0.2) is 0 Å². The number of morpholine rings is 1. The Hall–Kier alpha value is -2.08. The molecule has 3 aliphatic rings. The summed E-state index contributed by atoms with van der Waals surface area (Å²) >= 11 is 0. The molecule has 0 bridgehead atoms. The van der Waals surface area contributed by atoms with Gasteiger partial charge in [-0.3, -0.25) is 9.59 Å². The number of amides is 2. The molecule has 2 saturated heterocycles. The Labute approximate surface area is 160 Å². The SMILES string of the molecule is CC1CCCN(C(=O)C2(C(=O)Nc3ccccc3N3CCOCC3)CC2)C1. The Morgan fingerprint density at radius 2 is 1.89 bits per heavy atom. The van der Waals surface area contributed by atoms with Gasteiger partial charge < -0.3 is 19.9 Å². The van der Waals surface area contributed by atoms with Crippen LogP contribution in [-0.4, -0.2) is 56.1 Å². The molecule has 2 aliphatic heterocycles. The van der Waals surface area contributed by atoms with Crippen LogP contribution in [0.5, 0.6) is 0 Å². The van der Waals surface area contributed by atoms with Gasteiger partial charge in [-0.1, -0.05) is 19.1 Å². The van der Waals surface area contributed by atoms with Crippen molar-refractivity contribution in [1.29, 1.82) is 0 Å². The van der Waals surface area contributed by atoms with E-state index in [1.165, 1.54) is 0 Å². The highest BCUT2D eigenvalue weighted by atomic mass is 16.5. The number of rotatable bonds is 4. The Morgan fingerprint density at radius 3 is 2.59 bits per heavy atom. The summed E-state index contributed by atoms with van der Waals surface area (Å²) < 4.78 is 5.43. The topological polar surface area (TPSA) is 61.9 Å². The number of benzene rings is 1. The molecule has 1 aromatic carbocycles. The van der Waals surface area contributed by atoms with Gasteiger partial charge in [-0.05, 0) is 43.7 Å². The molecule has 1 N–H and O–H groups in total. The molecule has 6 heteroatoms. The third-order valence-corrected chi connectivity index (χ3v) is 6.04. The fourth-order valence-corrected chi connectivity index (χ4v) is 4.24. The molecule has 1 saturated carbocycles. The lowest BCUT2D eigenvalue weighted by atomic mass is 9.96. The molecule has 0 spiro atoms. The number of hydrogen-bond acceptors (Lipinski definition) is 4. The van der Waals surface area contributed by atoms with Crippen LogP contribution in [0.15, 0.2) is 24.3 Å². The number of para-hydroxylation sites is 2. The number of piperidine rings is 1. The number of carbonyl (C=O) groups excluding carboxylic acids is 2. The molecule has 1 aliphatic carbocycles. The van der Waals surface area contributed by atoms with Crippen molar-refractivity contribution < 1.29 is 14.3 Å². The lowest BCUT2D eigenvalue weighted by Crippen LogP contribution is -2.47. The van der Waals surface area contributed by atoms with Crippen LogP contribution in [0.4, 0.5) is 11.4 Å². The Balaban J connectivity index is 1.48. The van der Waals surface area contributed by atoms with Crippen LogP contribution in [-0.2, 0) is 14.3 Å². The van der Waals surface area contributed by atoms with Crippen molar-refractivity contribution in [2.45, 2.75) is 32.6 Å². The minimum atomic E-state index is -0.852. The lowest BCUT2D eigenvalue weighted by Gasteiger charge is -2.34. The van der Waals surface area contributed by atoms with Crippen molar-refractivity contribution >= 4 is 23.2 Å².